The van der Waals surface area contributed by atoms with E-state index in [9.17, 15) is 77.9 Å². The number of hydrogen-bond donors (Lipinski definition) is 3. The predicted molar refractivity (Wildman–Crippen MR) is 392 cm³/mol. The molecule has 0 aliphatic carbocycles. The van der Waals surface area contributed by atoms with E-state index in [0.717, 1.165) is 67.9 Å². The first-order valence-electron chi connectivity index (χ1n) is 33.1. The van der Waals surface area contributed by atoms with Crippen molar-refractivity contribution in [3.8, 4) is 52.1 Å². The van der Waals surface area contributed by atoms with Crippen LogP contribution in [-0.4, -0.2) is 138 Å². The van der Waals surface area contributed by atoms with E-state index in [0.29, 0.717) is 41.9 Å². The topological polar surface area (TPSA) is 266 Å². The molecule has 8 aromatic carbocycles. The van der Waals surface area contributed by atoms with Gasteiger partial charge < -0.3 is 59.1 Å². The highest BCUT2D eigenvalue weighted by atomic mass is 79.9. The molecule has 20 nitrogen and oxygen atoms in total. The third-order valence-electron chi connectivity index (χ3n) is 14.2. The molecule has 0 spiro atoms. The number of phenolic OH excluding ortho intramolecular Hbond substituents is 1. The summed E-state index contributed by atoms with van der Waals surface area (Å²) < 4.78 is 152. The number of Topliss-reactive ketones (excluding diaryl/α,β-unsaturated/α-hetero) is 4. The monoisotopic (exact) mass is 1600 g/mol. The highest BCUT2D eigenvalue weighted by molar-refractivity contribution is 9.09. The zero-order valence-electron chi connectivity index (χ0n) is 61.3. The molecule has 0 unspecified atom stereocenters. The molecule has 0 radical (unpaired) electrons. The summed E-state index contributed by atoms with van der Waals surface area (Å²) >= 11 is 3.06. The molecule has 30 heteroatoms. The van der Waals surface area contributed by atoms with Gasteiger partial charge >= 0.3 is 24.1 Å². The lowest BCUT2D eigenvalue weighted by molar-refractivity contribution is -0.135. The van der Waals surface area contributed by atoms with Gasteiger partial charge in [-0.15, -0.1) is 0 Å². The first-order chi connectivity index (χ1) is 51.8. The van der Waals surface area contributed by atoms with Crippen molar-refractivity contribution in [3.63, 3.8) is 0 Å². The van der Waals surface area contributed by atoms with Crippen LogP contribution < -0.4 is 25.3 Å². The Morgan fingerprint density at radius 1 is 0.464 bits per heavy atom. The lowest BCUT2D eigenvalue weighted by Crippen LogP contribution is -2.39. The first kappa shape index (κ1) is 90.8. The second-order valence-electron chi connectivity index (χ2n) is 25.2. The molecule has 2 saturated heterocycles. The maximum Gasteiger partial charge on any atom is 0.410 e. The van der Waals surface area contributed by atoms with Gasteiger partial charge in [0.2, 0.25) is 0 Å². The number of likely N-dealkylation sites (tertiary alicyclic amines) is 2. The average Bonchev–Trinajstić information content (AvgIpc) is 1.12. The van der Waals surface area contributed by atoms with Crippen molar-refractivity contribution in [2.75, 3.05) is 52.3 Å². The number of carbonyl (C=O) groups excluding carboxylic acids is 8. The van der Waals surface area contributed by atoms with Gasteiger partial charge in [-0.3, -0.25) is 19.2 Å². The second-order valence-corrected chi connectivity index (χ2v) is 25.8. The van der Waals surface area contributed by atoms with Gasteiger partial charge in [-0.25, -0.2) is 58.7 Å². The number of nitrogens with one attached hydrogen (secondary N) is 1. The number of carbonyl (C=O) groups is 8. The average molecular weight is 1600 g/mol. The molecule has 0 saturated carbocycles. The number of nitrogens with zero attached hydrogens (tertiary/aromatic N) is 2. The van der Waals surface area contributed by atoms with Crippen LogP contribution in [0.15, 0.2) is 170 Å². The Kier molecular flexibility index (Phi) is 36.9. The molecule has 2 fully saturated rings. The van der Waals surface area contributed by atoms with Crippen LogP contribution in [0.25, 0.3) is 0 Å². The zero-order valence-corrected chi connectivity index (χ0v) is 62.9. The maximum atomic E-state index is 13.7. The van der Waals surface area contributed by atoms with Crippen molar-refractivity contribution >= 4 is 63.2 Å². The molecular formula is C80H80BrF9N4O16. The van der Waals surface area contributed by atoms with Crippen LogP contribution in [-0.2, 0) is 28.5 Å². The third-order valence-corrected chi connectivity index (χ3v) is 14.8. The number of aromatic hydroxyl groups is 1. The molecule has 2 aliphatic heterocycles. The molecule has 110 heavy (non-hydrogen) atoms. The highest BCUT2D eigenvalue weighted by Gasteiger charge is 2.31. The minimum absolute atomic E-state index is 0.00288. The van der Waals surface area contributed by atoms with Crippen molar-refractivity contribution in [3.05, 3.63) is 244 Å². The number of phenols is 1. The summed E-state index contributed by atoms with van der Waals surface area (Å²) in [5, 5.41) is 11.8. The Morgan fingerprint density at radius 3 is 1.07 bits per heavy atom. The van der Waals surface area contributed by atoms with E-state index in [1.807, 2.05) is 53.4 Å². The number of amides is 2. The van der Waals surface area contributed by atoms with Gasteiger partial charge in [0.1, 0.15) is 34.3 Å². The minimum atomic E-state index is -0.935. The maximum absolute atomic E-state index is 13.7. The fraction of sp³-hybridized carbons (Fsp3) is 0.275. The van der Waals surface area contributed by atoms with Crippen molar-refractivity contribution < 1.29 is 116 Å². The predicted octanol–water partition coefficient (Wildman–Crippen LogP) is 16.8. The van der Waals surface area contributed by atoms with Crippen LogP contribution in [0.5, 0.6) is 40.2 Å². The third kappa shape index (κ3) is 32.5. The SMILES string of the molecule is CC(=O)c1ccc(F)cc1.CC(=O)c1ccc(Oc2c(F)cccc2F)cc1.CC(C)(C)OC(=O)N1CC[C@@H](N)C1.CC(C)(C)OC(=O)N1CC[C@@H](NCC(=O)c2ccc(Oc3c(F)cccc3F)cc2)C1.COC(=O)C#CC(=O)OC.O=C(CBr)c1ccc(Oc2c(F)cccc2F)cc1.Oc1c(F)cccc1F. The molecule has 2 heterocycles. The van der Waals surface area contributed by atoms with E-state index in [1.54, 1.807) is 21.9 Å². The van der Waals surface area contributed by atoms with E-state index in [2.05, 4.69) is 30.7 Å². The summed E-state index contributed by atoms with van der Waals surface area (Å²) in [5.41, 5.74) is 6.71. The Morgan fingerprint density at radius 2 is 0.773 bits per heavy atom. The highest BCUT2D eigenvalue weighted by Crippen LogP contribution is 2.31. The molecule has 2 aliphatic rings. The fourth-order valence-electron chi connectivity index (χ4n) is 8.76. The van der Waals surface area contributed by atoms with Gasteiger partial charge in [0.05, 0.1) is 26.1 Å². The van der Waals surface area contributed by atoms with E-state index in [1.165, 1.54) is 137 Å². The van der Waals surface area contributed by atoms with Gasteiger partial charge in [-0.1, -0.05) is 40.2 Å². The van der Waals surface area contributed by atoms with Gasteiger partial charge in [-0.05, 0) is 214 Å². The summed E-state index contributed by atoms with van der Waals surface area (Å²) in [7, 11) is 2.35. The van der Waals surface area contributed by atoms with E-state index in [4.69, 9.17) is 34.5 Å². The molecule has 0 aromatic heterocycles. The lowest BCUT2D eigenvalue weighted by atomic mass is 10.1. The number of hydrogen-bond acceptors (Lipinski definition) is 18. The molecule has 2 atom stereocenters. The van der Waals surface area contributed by atoms with Crippen LogP contribution >= 0.6 is 15.9 Å². The van der Waals surface area contributed by atoms with E-state index < -0.39 is 92.7 Å². The molecule has 4 N–H and O–H groups in total. The first-order valence-corrected chi connectivity index (χ1v) is 34.3. The smallest absolute Gasteiger partial charge is 0.410 e. The number of ketones is 4. The van der Waals surface area contributed by atoms with Crippen LogP contribution in [0.4, 0.5) is 49.1 Å². The molecule has 586 valence electrons. The summed E-state index contributed by atoms with van der Waals surface area (Å²) in [6.07, 6.45) is 0.998. The van der Waals surface area contributed by atoms with Crippen molar-refractivity contribution in [2.24, 2.45) is 5.73 Å². The largest absolute Gasteiger partial charge is 0.503 e. The fourth-order valence-corrected chi connectivity index (χ4v) is 9.09. The normalized spacial score (nSPS) is 13.1. The number of rotatable bonds is 14. The van der Waals surface area contributed by atoms with Crippen LogP contribution in [0, 0.1) is 64.2 Å². The number of halogens is 10. The standard InChI is InChI=1S/C23H26F2N2O4.C14H9BrF2O2.C14H10F2O2.C9H18N2O2.C8H7FO.C6H4F2O.C6H6O4/c1-23(2,3)31-22(29)27-12-11-16(14-27)26-13-20(28)15-7-9-17(10-8-15)30-21-18(24)5-4-6-19(21)25;15-8-13(18)9-4-6-10(7-5-9)19-14-11(16)2-1-3-12(14)17;1-9(17)10-5-7-11(8-6-10)18-14-12(15)3-2-4-13(14)16;1-9(2,3)13-8(12)11-5-4-7(10)6-11;1-6(10)7-2-4-8(9)5-3-7;7-4-2-1-3-5(8)6(4)9;1-9-5(7)3-4-6(8)10-2/h4-10,16,26H,11-14H2,1-3H3;1-7H,8H2;2-8H,1H3;7H,4-6,10H2,1-3H3;2-5H,1H3;1-3,9H;1-2H3/t16-;;;7-;;;/m1..1.../s1. The quantitative estimate of drug-likeness (QED) is 0.0174. The number of ether oxygens (including phenoxy) is 7. The zero-order chi connectivity index (χ0) is 82.0. The van der Waals surface area contributed by atoms with Crippen LogP contribution in [0.2, 0.25) is 0 Å². The van der Waals surface area contributed by atoms with E-state index in [-0.39, 0.29) is 82.3 Å². The molecule has 8 aromatic rings. The molecular weight excluding hydrogens is 1520 g/mol. The van der Waals surface area contributed by atoms with Crippen molar-refractivity contribution in [1.82, 2.24) is 15.1 Å². The summed E-state index contributed by atoms with van der Waals surface area (Å²) in [6.45, 7) is 16.4. The number of nitrogens with two attached hydrogens (primary N) is 1. The summed E-state index contributed by atoms with van der Waals surface area (Å²) in [4.78, 5) is 92.9. The number of benzene rings is 8. The Hall–Kier alpha value is -11.6. The van der Waals surface area contributed by atoms with Gasteiger partial charge in [-0.2, -0.15) is 0 Å². The summed E-state index contributed by atoms with van der Waals surface area (Å²) in [5.74, 6) is -6.53. The van der Waals surface area contributed by atoms with Gasteiger partial charge in [0.15, 0.2) is 92.7 Å². The molecule has 2 amide bonds. The summed E-state index contributed by atoms with van der Waals surface area (Å²) in [6, 6.07) is 37.4. The van der Waals surface area contributed by atoms with Crippen LogP contribution in [0.1, 0.15) is 110 Å². The Bertz CT molecular complexity index is 4380. The van der Waals surface area contributed by atoms with Gasteiger partial charge in [0.25, 0.3) is 0 Å². The van der Waals surface area contributed by atoms with Crippen molar-refractivity contribution in [1.29, 1.82) is 0 Å². The number of para-hydroxylation sites is 4. The number of methoxy groups -OCH3 is 2. The van der Waals surface area contributed by atoms with E-state index >= 15 is 0 Å². The number of alkyl halides is 1. The second kappa shape index (κ2) is 44.7. The van der Waals surface area contributed by atoms with Gasteiger partial charge in [0, 0.05) is 72.4 Å². The Labute approximate surface area is 637 Å². The molecule has 10 rings (SSSR count). The minimum Gasteiger partial charge on any atom is -0.503 e. The molecule has 0 bridgehead atoms. The Balaban J connectivity index is 0.000000284. The van der Waals surface area contributed by atoms with Crippen LogP contribution in [0.3, 0.4) is 0 Å². The number of esters is 2. The lowest BCUT2D eigenvalue weighted by Gasteiger charge is -2.24. The van der Waals surface area contributed by atoms with Crippen molar-refractivity contribution in [2.45, 2.75) is 91.5 Å².